The predicted molar refractivity (Wildman–Crippen MR) is 257 cm³/mol. The van der Waals surface area contributed by atoms with Crippen molar-refractivity contribution >= 4 is 0 Å². The van der Waals surface area contributed by atoms with Crippen molar-refractivity contribution < 1.29 is 58.3 Å². The molecule has 12 heteroatoms. The summed E-state index contributed by atoms with van der Waals surface area (Å²) in [5.41, 5.74) is 5.96. The van der Waals surface area contributed by atoms with Crippen LogP contribution in [0.25, 0.3) is 0 Å². The van der Waals surface area contributed by atoms with Crippen LogP contribution in [0.1, 0.15) is 55.5 Å². The molecule has 67 heavy (non-hydrogen) atoms. The van der Waals surface area contributed by atoms with E-state index in [0.717, 1.165) is 18.1 Å². The second-order valence-corrected chi connectivity index (χ2v) is 17.5. The van der Waals surface area contributed by atoms with Crippen LogP contribution in [0.3, 0.4) is 0 Å². The summed E-state index contributed by atoms with van der Waals surface area (Å²) in [4.78, 5) is 0. The Kier molecular flexibility index (Phi) is 17.9. The standard InChI is InChI=1S/C29H36O6.C20H22O4.C6H6O2/c1-21-8-10-22(11-9-21)29(2,3)23-12-14-26(15-13-23)33-19-25(31)20-35-28-7-5-6-27(16-28)34-18-24(30)17-32-4;1-20(2,15-5-9-17(10-6-15)24-19-13-23-19)14-3-7-16(8-4-14)21-11-18-12-22-18;7-5-2-1-3-6(8)4-5/h5-16,24-25,30-31H,17-20H2,1-4H3;3-10,18-19H,11-13H2,1-2H3;1-4,7-8H. The van der Waals surface area contributed by atoms with E-state index in [1.54, 1.807) is 30.3 Å². The average Bonchev–Trinajstić information content (AvgIpc) is 4.28. The maximum Gasteiger partial charge on any atom is 0.223 e. The van der Waals surface area contributed by atoms with Gasteiger partial charge in [0.15, 0.2) is 0 Å². The molecule has 4 N–H and O–H groups in total. The molecule has 6 aromatic rings. The first-order chi connectivity index (χ1) is 32.2. The van der Waals surface area contributed by atoms with Crippen LogP contribution in [0.4, 0.5) is 0 Å². The van der Waals surface area contributed by atoms with E-state index >= 15 is 0 Å². The summed E-state index contributed by atoms with van der Waals surface area (Å²) in [6.07, 6.45) is -1.28. The highest BCUT2D eigenvalue weighted by Crippen LogP contribution is 2.35. The molecule has 8 rings (SSSR count). The van der Waals surface area contributed by atoms with Gasteiger partial charge in [-0.25, -0.2) is 0 Å². The summed E-state index contributed by atoms with van der Waals surface area (Å²) in [6, 6.07) is 46.1. The number of aliphatic hydroxyl groups is 2. The fraction of sp³-hybridized carbons (Fsp3) is 0.345. The molecule has 2 aliphatic rings. The number of ether oxygens (including phenoxy) is 8. The third-order valence-corrected chi connectivity index (χ3v) is 11.2. The Morgan fingerprint density at radius 2 is 0.910 bits per heavy atom. The van der Waals surface area contributed by atoms with Crippen LogP contribution in [0, 0.1) is 6.92 Å². The summed E-state index contributed by atoms with van der Waals surface area (Å²) in [5, 5.41) is 37.3. The van der Waals surface area contributed by atoms with Crippen molar-refractivity contribution in [1.29, 1.82) is 0 Å². The first-order valence-corrected chi connectivity index (χ1v) is 22.4. The first kappa shape index (κ1) is 50.1. The van der Waals surface area contributed by atoms with E-state index < -0.39 is 12.2 Å². The molecule has 12 nitrogen and oxygen atoms in total. The Hall–Kier alpha value is -6.28. The molecule has 0 spiro atoms. The fourth-order valence-electron chi connectivity index (χ4n) is 6.81. The number of epoxide rings is 2. The van der Waals surface area contributed by atoms with Gasteiger partial charge in [-0.15, -0.1) is 0 Å². The predicted octanol–water partition coefficient (Wildman–Crippen LogP) is 9.15. The van der Waals surface area contributed by atoms with Crippen molar-refractivity contribution in [1.82, 2.24) is 0 Å². The molecule has 2 fully saturated rings. The van der Waals surface area contributed by atoms with Crippen LogP contribution < -0.4 is 23.7 Å². The average molecular weight is 917 g/mol. The summed E-state index contributed by atoms with van der Waals surface area (Å²) in [6.45, 7) is 13.6. The number of hydrogen-bond acceptors (Lipinski definition) is 12. The van der Waals surface area contributed by atoms with Gasteiger partial charge in [0.1, 0.15) is 91.6 Å². The van der Waals surface area contributed by atoms with Gasteiger partial charge in [0.2, 0.25) is 6.29 Å². The molecular formula is C55H64O12. The van der Waals surface area contributed by atoms with E-state index in [2.05, 4.69) is 95.3 Å². The van der Waals surface area contributed by atoms with Gasteiger partial charge in [-0.05, 0) is 89.8 Å². The lowest BCUT2D eigenvalue weighted by atomic mass is 9.78. The van der Waals surface area contributed by atoms with Crippen molar-refractivity contribution in [2.75, 3.05) is 53.4 Å². The van der Waals surface area contributed by atoms with Crippen molar-refractivity contribution in [2.24, 2.45) is 0 Å². The maximum absolute atomic E-state index is 10.3. The highest BCUT2D eigenvalue weighted by atomic mass is 16.8. The van der Waals surface area contributed by atoms with E-state index in [9.17, 15) is 10.2 Å². The Morgan fingerprint density at radius 1 is 0.507 bits per heavy atom. The van der Waals surface area contributed by atoms with Crippen LogP contribution in [-0.4, -0.2) is 98.4 Å². The maximum atomic E-state index is 10.3. The summed E-state index contributed by atoms with van der Waals surface area (Å²) >= 11 is 0. The minimum absolute atomic E-state index is 0.0579. The largest absolute Gasteiger partial charge is 0.508 e. The van der Waals surface area contributed by atoms with E-state index in [1.807, 2.05) is 36.4 Å². The van der Waals surface area contributed by atoms with Gasteiger partial charge in [0.05, 0.1) is 13.2 Å². The summed E-state index contributed by atoms with van der Waals surface area (Å²) < 4.78 is 43.4. The number of phenols is 2. The monoisotopic (exact) mass is 916 g/mol. The van der Waals surface area contributed by atoms with Gasteiger partial charge in [0.25, 0.3) is 0 Å². The van der Waals surface area contributed by atoms with Gasteiger partial charge >= 0.3 is 0 Å². The van der Waals surface area contributed by atoms with Crippen molar-refractivity contribution in [3.63, 3.8) is 0 Å². The molecule has 356 valence electrons. The van der Waals surface area contributed by atoms with Crippen LogP contribution in [0.2, 0.25) is 0 Å². The van der Waals surface area contributed by atoms with E-state index in [-0.39, 0.29) is 61.2 Å². The van der Waals surface area contributed by atoms with Gasteiger partial charge in [-0.1, -0.05) is 106 Å². The first-order valence-electron chi connectivity index (χ1n) is 22.4. The highest BCUT2D eigenvalue weighted by Gasteiger charge is 2.27. The molecule has 0 aromatic heterocycles. The highest BCUT2D eigenvalue weighted by molar-refractivity contribution is 5.43. The Bertz CT molecular complexity index is 2360. The number of rotatable bonds is 20. The molecule has 6 aromatic carbocycles. The normalized spacial score (nSPS) is 15.9. The second-order valence-electron chi connectivity index (χ2n) is 17.5. The molecule has 2 aliphatic heterocycles. The molecule has 4 atom stereocenters. The zero-order valence-corrected chi connectivity index (χ0v) is 39.2. The van der Waals surface area contributed by atoms with Gasteiger partial charge in [-0.3, -0.25) is 0 Å². The number of aliphatic hydroxyl groups excluding tert-OH is 2. The van der Waals surface area contributed by atoms with Crippen LogP contribution >= 0.6 is 0 Å². The Balaban J connectivity index is 0.000000197. The number of aryl methyl sites for hydroxylation is 1. The zero-order chi connectivity index (χ0) is 47.8. The van der Waals surface area contributed by atoms with Gasteiger partial charge in [0, 0.05) is 30.1 Å². The molecule has 0 saturated carbocycles. The van der Waals surface area contributed by atoms with Crippen molar-refractivity contribution in [2.45, 2.75) is 70.1 Å². The summed E-state index contributed by atoms with van der Waals surface area (Å²) in [5.74, 6) is 3.73. The third-order valence-electron chi connectivity index (χ3n) is 11.2. The molecule has 0 amide bonds. The van der Waals surface area contributed by atoms with E-state index in [1.165, 1.54) is 53.1 Å². The lowest BCUT2D eigenvalue weighted by molar-refractivity contribution is 0.0324. The van der Waals surface area contributed by atoms with Gasteiger partial charge < -0.3 is 58.3 Å². The van der Waals surface area contributed by atoms with Crippen LogP contribution in [0.15, 0.2) is 146 Å². The lowest BCUT2D eigenvalue weighted by Crippen LogP contribution is -2.25. The smallest absolute Gasteiger partial charge is 0.223 e. The van der Waals surface area contributed by atoms with Crippen molar-refractivity contribution in [3.05, 3.63) is 173 Å². The minimum atomic E-state index is -0.799. The number of methoxy groups -OCH3 is 1. The molecule has 2 saturated heterocycles. The Morgan fingerprint density at radius 3 is 1.33 bits per heavy atom. The second kappa shape index (κ2) is 24.0. The molecule has 0 bridgehead atoms. The van der Waals surface area contributed by atoms with Crippen LogP contribution in [-0.2, 0) is 25.0 Å². The lowest BCUT2D eigenvalue weighted by Gasteiger charge is -2.26. The van der Waals surface area contributed by atoms with Crippen molar-refractivity contribution in [3.8, 4) is 40.2 Å². The number of benzene rings is 6. The fourth-order valence-corrected chi connectivity index (χ4v) is 6.81. The number of hydrogen-bond donors (Lipinski definition) is 4. The SMILES string of the molecule is CC(C)(c1ccc(OCC2CO2)cc1)c1ccc(OC2CO2)cc1.COCC(O)COc1cccc(OCC(O)COc2ccc(C(C)(C)c3ccc(C)cc3)cc2)c1.Oc1cccc(O)c1. The topological polar surface area (TPSA) is 161 Å². The van der Waals surface area contributed by atoms with Crippen LogP contribution in [0.5, 0.6) is 40.2 Å². The van der Waals surface area contributed by atoms with E-state index in [4.69, 9.17) is 48.1 Å². The number of phenolic OH excluding ortho intramolecular Hbond substituents is 2. The molecule has 2 heterocycles. The van der Waals surface area contributed by atoms with Gasteiger partial charge in [-0.2, -0.15) is 0 Å². The summed E-state index contributed by atoms with van der Waals surface area (Å²) in [7, 11) is 1.52. The molecular weight excluding hydrogens is 853 g/mol. The molecule has 4 unspecified atom stereocenters. The Labute approximate surface area is 394 Å². The minimum Gasteiger partial charge on any atom is -0.508 e. The molecule has 0 radical (unpaired) electrons. The third kappa shape index (κ3) is 16.2. The molecule has 0 aliphatic carbocycles. The quantitative estimate of drug-likeness (QED) is 0.0539. The number of aromatic hydroxyl groups is 2. The van der Waals surface area contributed by atoms with E-state index in [0.29, 0.717) is 30.5 Å². The zero-order valence-electron chi connectivity index (χ0n) is 39.2.